The van der Waals surface area contributed by atoms with Crippen molar-refractivity contribution in [2.75, 3.05) is 31.2 Å². The quantitative estimate of drug-likeness (QED) is 0.670. The van der Waals surface area contributed by atoms with E-state index in [0.717, 1.165) is 26.3 Å². The Morgan fingerprint density at radius 1 is 1.16 bits per heavy atom. The van der Waals surface area contributed by atoms with Gasteiger partial charge in [0.1, 0.15) is 4.45 Å². The number of rotatable bonds is 2. The zero-order chi connectivity index (χ0) is 13.1. The van der Waals surface area contributed by atoms with Crippen molar-refractivity contribution in [2.24, 2.45) is 0 Å². The van der Waals surface area contributed by atoms with Gasteiger partial charge in [0.25, 0.3) is 0 Å². The zero-order valence-corrected chi connectivity index (χ0v) is 12.3. The Labute approximate surface area is 122 Å². The summed E-state index contributed by atoms with van der Waals surface area (Å²) in [6, 6.07) is 8.51. The molecule has 3 rings (SSSR count). The second-order valence-corrected chi connectivity index (χ2v) is 5.94. The molecule has 1 fully saturated rings. The third-order valence-electron chi connectivity index (χ3n) is 3.47. The Hall–Kier alpha value is -1.26. The van der Waals surface area contributed by atoms with Crippen LogP contribution in [0.3, 0.4) is 0 Å². The SMILES string of the molecule is BrC1(c2ccccc2N2CCOCC2)C=CC=CN1. The van der Waals surface area contributed by atoms with Crippen LogP contribution in [0.2, 0.25) is 0 Å². The molecule has 2 aliphatic rings. The van der Waals surface area contributed by atoms with Crippen molar-refractivity contribution in [1.29, 1.82) is 0 Å². The Kier molecular flexibility index (Phi) is 3.62. The smallest absolute Gasteiger partial charge is 0.139 e. The number of nitrogens with zero attached hydrogens (tertiary/aromatic N) is 1. The lowest BCUT2D eigenvalue weighted by Gasteiger charge is -2.35. The second-order valence-electron chi connectivity index (χ2n) is 4.69. The summed E-state index contributed by atoms with van der Waals surface area (Å²) in [6.45, 7) is 3.48. The van der Waals surface area contributed by atoms with Crippen molar-refractivity contribution < 1.29 is 4.74 Å². The summed E-state index contributed by atoms with van der Waals surface area (Å²) in [5.74, 6) is 0. The third-order valence-corrected chi connectivity index (χ3v) is 4.39. The lowest BCUT2D eigenvalue weighted by molar-refractivity contribution is 0.122. The first-order chi connectivity index (χ1) is 9.30. The summed E-state index contributed by atoms with van der Waals surface area (Å²) in [5, 5.41) is 3.38. The van der Waals surface area contributed by atoms with E-state index in [1.54, 1.807) is 0 Å². The number of allylic oxidation sites excluding steroid dienone is 2. The van der Waals surface area contributed by atoms with Gasteiger partial charge in [-0.1, -0.05) is 40.2 Å². The number of hydrogen-bond acceptors (Lipinski definition) is 3. The number of halogens is 1. The largest absolute Gasteiger partial charge is 0.378 e. The summed E-state index contributed by atoms with van der Waals surface area (Å²) in [6.07, 6.45) is 8.15. The van der Waals surface area contributed by atoms with Gasteiger partial charge in [0.05, 0.1) is 13.2 Å². The van der Waals surface area contributed by atoms with Crippen molar-refractivity contribution in [2.45, 2.75) is 4.45 Å². The van der Waals surface area contributed by atoms with E-state index >= 15 is 0 Å². The van der Waals surface area contributed by atoms with E-state index in [-0.39, 0.29) is 4.45 Å². The first-order valence-electron chi connectivity index (χ1n) is 6.53. The molecule has 19 heavy (non-hydrogen) atoms. The normalized spacial score (nSPS) is 26.3. The number of anilines is 1. The predicted octanol–water partition coefficient (Wildman–Crippen LogP) is 2.74. The molecule has 3 nitrogen and oxygen atoms in total. The number of nitrogens with one attached hydrogen (secondary N) is 1. The number of benzene rings is 1. The number of morpholine rings is 1. The topological polar surface area (TPSA) is 24.5 Å². The van der Waals surface area contributed by atoms with Crippen LogP contribution in [0.4, 0.5) is 5.69 Å². The van der Waals surface area contributed by atoms with Crippen LogP contribution in [0.25, 0.3) is 0 Å². The lowest BCUT2D eigenvalue weighted by atomic mass is 10.0. The van der Waals surface area contributed by atoms with Gasteiger partial charge >= 0.3 is 0 Å². The highest BCUT2D eigenvalue weighted by atomic mass is 79.9. The molecule has 2 aliphatic heterocycles. The maximum atomic E-state index is 5.44. The van der Waals surface area contributed by atoms with E-state index in [1.165, 1.54) is 11.3 Å². The Morgan fingerprint density at radius 3 is 2.68 bits per heavy atom. The molecule has 0 bridgehead atoms. The molecule has 1 unspecified atom stereocenters. The molecule has 0 amide bonds. The molecule has 1 aromatic rings. The number of hydrogen-bond donors (Lipinski definition) is 1. The summed E-state index contributed by atoms with van der Waals surface area (Å²) >= 11 is 3.81. The standard InChI is InChI=1S/C15H17BrN2O/c16-15(7-3-4-8-17-15)13-5-1-2-6-14(13)18-9-11-19-12-10-18/h1-8,17H,9-12H2. The predicted molar refractivity (Wildman–Crippen MR) is 81.5 cm³/mol. The van der Waals surface area contributed by atoms with E-state index in [2.05, 4.69) is 62.6 Å². The Balaban J connectivity index is 1.97. The Bertz CT molecular complexity index is 509. The van der Waals surface area contributed by atoms with Gasteiger partial charge in [-0.3, -0.25) is 0 Å². The van der Waals surface area contributed by atoms with Crippen molar-refractivity contribution in [3.8, 4) is 0 Å². The summed E-state index contributed by atoms with van der Waals surface area (Å²) < 4.78 is 5.11. The summed E-state index contributed by atoms with van der Waals surface area (Å²) in [5.41, 5.74) is 2.49. The molecule has 0 aliphatic carbocycles. The highest BCUT2D eigenvalue weighted by Crippen LogP contribution is 2.38. The molecule has 1 saturated heterocycles. The van der Waals surface area contributed by atoms with Crippen molar-refractivity contribution >= 4 is 21.6 Å². The van der Waals surface area contributed by atoms with Gasteiger partial charge in [-0.05, 0) is 24.4 Å². The molecule has 2 heterocycles. The van der Waals surface area contributed by atoms with Crippen LogP contribution in [0, 0.1) is 0 Å². The molecule has 0 aromatic heterocycles. The fraction of sp³-hybridized carbons (Fsp3) is 0.333. The molecule has 1 atom stereocenters. The van der Waals surface area contributed by atoms with E-state index in [9.17, 15) is 0 Å². The highest BCUT2D eigenvalue weighted by molar-refractivity contribution is 9.09. The zero-order valence-electron chi connectivity index (χ0n) is 10.7. The van der Waals surface area contributed by atoms with Gasteiger partial charge < -0.3 is 15.0 Å². The Morgan fingerprint density at radius 2 is 1.95 bits per heavy atom. The molecule has 0 radical (unpaired) electrons. The molecule has 100 valence electrons. The maximum Gasteiger partial charge on any atom is 0.139 e. The van der Waals surface area contributed by atoms with Gasteiger partial charge in [-0.15, -0.1) is 0 Å². The number of dihydropyridines is 1. The molecule has 4 heteroatoms. The van der Waals surface area contributed by atoms with Crippen LogP contribution >= 0.6 is 15.9 Å². The van der Waals surface area contributed by atoms with Crippen LogP contribution in [-0.2, 0) is 9.19 Å². The highest BCUT2D eigenvalue weighted by Gasteiger charge is 2.29. The monoisotopic (exact) mass is 320 g/mol. The van der Waals surface area contributed by atoms with Crippen molar-refractivity contribution in [3.63, 3.8) is 0 Å². The molecule has 0 spiro atoms. The molecule has 0 saturated carbocycles. The van der Waals surface area contributed by atoms with E-state index in [0.29, 0.717) is 0 Å². The number of alkyl halides is 1. The van der Waals surface area contributed by atoms with Crippen LogP contribution in [-0.4, -0.2) is 26.3 Å². The summed E-state index contributed by atoms with van der Waals surface area (Å²) in [7, 11) is 0. The van der Waals surface area contributed by atoms with Gasteiger partial charge in [-0.2, -0.15) is 0 Å². The van der Waals surface area contributed by atoms with Gasteiger partial charge in [0.2, 0.25) is 0 Å². The second kappa shape index (κ2) is 5.39. The maximum absolute atomic E-state index is 5.44. The minimum atomic E-state index is -0.323. The fourth-order valence-electron chi connectivity index (χ4n) is 2.49. The van der Waals surface area contributed by atoms with E-state index in [4.69, 9.17) is 4.74 Å². The van der Waals surface area contributed by atoms with Crippen LogP contribution in [0.5, 0.6) is 0 Å². The molecule has 1 N–H and O–H groups in total. The van der Waals surface area contributed by atoms with E-state index in [1.807, 2.05) is 12.3 Å². The third kappa shape index (κ3) is 2.55. The molecular formula is C15H17BrN2O. The average molecular weight is 321 g/mol. The van der Waals surface area contributed by atoms with Gasteiger partial charge in [0.15, 0.2) is 0 Å². The molecule has 1 aromatic carbocycles. The number of para-hydroxylation sites is 1. The minimum Gasteiger partial charge on any atom is -0.378 e. The van der Waals surface area contributed by atoms with Gasteiger partial charge in [0, 0.05) is 24.3 Å². The van der Waals surface area contributed by atoms with Gasteiger partial charge in [-0.25, -0.2) is 0 Å². The summed E-state index contributed by atoms with van der Waals surface area (Å²) in [4.78, 5) is 2.38. The van der Waals surface area contributed by atoms with Crippen LogP contribution < -0.4 is 10.2 Å². The van der Waals surface area contributed by atoms with Crippen LogP contribution in [0.1, 0.15) is 5.56 Å². The molecular weight excluding hydrogens is 304 g/mol. The van der Waals surface area contributed by atoms with E-state index < -0.39 is 0 Å². The average Bonchev–Trinajstić information content (AvgIpc) is 2.49. The van der Waals surface area contributed by atoms with Crippen LogP contribution in [0.15, 0.2) is 48.7 Å². The first-order valence-corrected chi connectivity index (χ1v) is 7.32. The van der Waals surface area contributed by atoms with Crippen molar-refractivity contribution in [3.05, 3.63) is 54.3 Å². The first kappa shape index (κ1) is 12.8. The lowest BCUT2D eigenvalue weighted by Crippen LogP contribution is -2.39. The fourth-order valence-corrected chi connectivity index (χ4v) is 3.11. The minimum absolute atomic E-state index is 0.323. The number of ether oxygens (including phenoxy) is 1. The van der Waals surface area contributed by atoms with Crippen molar-refractivity contribution in [1.82, 2.24) is 5.32 Å².